The average Bonchev–Trinajstić information content (AvgIpc) is 2.91. The molecule has 0 aromatic heterocycles. The van der Waals surface area contributed by atoms with Gasteiger partial charge in [0.2, 0.25) is 0 Å². The van der Waals surface area contributed by atoms with Crippen molar-refractivity contribution in [3.8, 4) is 0 Å². The number of non-ortho nitro benzene ring substituents is 1. The fourth-order valence-electron chi connectivity index (χ4n) is 3.92. The topological polar surface area (TPSA) is 75.5 Å². The Morgan fingerprint density at radius 3 is 2.32 bits per heavy atom. The van der Waals surface area contributed by atoms with E-state index in [1.165, 1.54) is 31.4 Å². The predicted molar refractivity (Wildman–Crippen MR) is 98.1 cm³/mol. The van der Waals surface area contributed by atoms with Crippen LogP contribution < -0.4 is 10.2 Å². The summed E-state index contributed by atoms with van der Waals surface area (Å²) < 4.78 is 0. The highest BCUT2D eigenvalue weighted by Gasteiger charge is 2.23. The lowest BCUT2D eigenvalue weighted by Crippen LogP contribution is -2.37. The molecule has 0 atom stereocenters. The smallest absolute Gasteiger partial charge is 0.270 e. The molecule has 1 amide bonds. The first kappa shape index (κ1) is 17.7. The van der Waals surface area contributed by atoms with Gasteiger partial charge in [-0.05, 0) is 31.7 Å². The second kappa shape index (κ2) is 8.32. The van der Waals surface area contributed by atoms with Gasteiger partial charge in [0.1, 0.15) is 0 Å². The summed E-state index contributed by atoms with van der Waals surface area (Å²) in [6.07, 6.45) is 10.1. The summed E-state index contributed by atoms with van der Waals surface area (Å²) in [5.74, 6) is -0.171. The van der Waals surface area contributed by atoms with Crippen LogP contribution in [0.3, 0.4) is 0 Å². The van der Waals surface area contributed by atoms with Gasteiger partial charge >= 0.3 is 0 Å². The number of nitro benzene ring substituents is 1. The number of benzene rings is 1. The molecule has 1 aliphatic carbocycles. The Kier molecular flexibility index (Phi) is 5.89. The minimum Gasteiger partial charge on any atom is -0.371 e. The molecule has 136 valence electrons. The molecule has 6 nitrogen and oxygen atoms in total. The first-order valence-corrected chi connectivity index (χ1v) is 9.49. The van der Waals surface area contributed by atoms with Gasteiger partial charge in [0.15, 0.2) is 0 Å². The van der Waals surface area contributed by atoms with E-state index in [2.05, 4.69) is 10.2 Å². The normalized spacial score (nSPS) is 19.3. The van der Waals surface area contributed by atoms with E-state index in [1.807, 2.05) is 0 Å². The molecule has 1 aromatic rings. The van der Waals surface area contributed by atoms with Crippen LogP contribution in [0.2, 0.25) is 0 Å². The van der Waals surface area contributed by atoms with Crippen molar-refractivity contribution >= 4 is 17.3 Å². The van der Waals surface area contributed by atoms with E-state index in [-0.39, 0.29) is 17.6 Å². The lowest BCUT2D eigenvalue weighted by molar-refractivity contribution is -0.384. The second-order valence-electron chi connectivity index (χ2n) is 7.17. The summed E-state index contributed by atoms with van der Waals surface area (Å²) >= 11 is 0. The zero-order valence-electron chi connectivity index (χ0n) is 14.7. The number of rotatable bonds is 4. The van der Waals surface area contributed by atoms with Crippen molar-refractivity contribution < 1.29 is 9.72 Å². The van der Waals surface area contributed by atoms with Crippen LogP contribution in [0.1, 0.15) is 68.1 Å². The fourth-order valence-corrected chi connectivity index (χ4v) is 3.92. The van der Waals surface area contributed by atoms with Crippen LogP contribution in [-0.2, 0) is 0 Å². The number of amides is 1. The first-order chi connectivity index (χ1) is 12.1. The molecule has 0 spiro atoms. The highest BCUT2D eigenvalue weighted by molar-refractivity contribution is 6.00. The molecule has 25 heavy (non-hydrogen) atoms. The van der Waals surface area contributed by atoms with E-state index < -0.39 is 4.92 Å². The molecule has 3 rings (SSSR count). The van der Waals surface area contributed by atoms with E-state index in [4.69, 9.17) is 0 Å². The summed E-state index contributed by atoms with van der Waals surface area (Å²) in [6.45, 7) is 1.81. The number of nitrogens with zero attached hydrogens (tertiary/aromatic N) is 2. The number of nitrogens with one attached hydrogen (secondary N) is 1. The molecule has 0 bridgehead atoms. The standard InChI is InChI=1S/C19H27N3O3/c23-19(20-15-8-4-3-5-9-15)17-14-16(22(24)25)10-11-18(17)21-12-6-1-2-7-13-21/h10-11,14-15H,1-9,12-13H2,(H,20,23). The Morgan fingerprint density at radius 2 is 1.68 bits per heavy atom. The Labute approximate surface area is 148 Å². The van der Waals surface area contributed by atoms with Gasteiger partial charge in [-0.15, -0.1) is 0 Å². The van der Waals surface area contributed by atoms with Crippen molar-refractivity contribution in [2.24, 2.45) is 0 Å². The highest BCUT2D eigenvalue weighted by atomic mass is 16.6. The van der Waals surface area contributed by atoms with Crippen molar-refractivity contribution in [2.75, 3.05) is 18.0 Å². The lowest BCUT2D eigenvalue weighted by atomic mass is 9.95. The van der Waals surface area contributed by atoms with Gasteiger partial charge in [0.25, 0.3) is 11.6 Å². The highest BCUT2D eigenvalue weighted by Crippen LogP contribution is 2.28. The molecule has 6 heteroatoms. The molecule has 0 unspecified atom stereocenters. The molecule has 1 saturated heterocycles. The largest absolute Gasteiger partial charge is 0.371 e. The predicted octanol–water partition coefficient (Wildman–Crippen LogP) is 4.04. The molecule has 2 aliphatic rings. The van der Waals surface area contributed by atoms with Crippen molar-refractivity contribution in [3.63, 3.8) is 0 Å². The summed E-state index contributed by atoms with van der Waals surface area (Å²) in [6, 6.07) is 4.90. The van der Waals surface area contributed by atoms with Crippen LogP contribution in [-0.4, -0.2) is 30.0 Å². The zero-order chi connectivity index (χ0) is 17.6. The maximum Gasteiger partial charge on any atom is 0.270 e. The Bertz CT molecular complexity index is 618. The van der Waals surface area contributed by atoms with Gasteiger partial charge in [0.05, 0.1) is 16.2 Å². The third kappa shape index (κ3) is 4.50. The molecule has 1 heterocycles. The van der Waals surface area contributed by atoms with E-state index >= 15 is 0 Å². The molecule has 0 radical (unpaired) electrons. The third-order valence-corrected chi connectivity index (χ3v) is 5.32. The first-order valence-electron chi connectivity index (χ1n) is 9.49. The van der Waals surface area contributed by atoms with Gasteiger partial charge < -0.3 is 10.2 Å². The number of hydrogen-bond donors (Lipinski definition) is 1. The fraction of sp³-hybridized carbons (Fsp3) is 0.632. The van der Waals surface area contributed by atoms with Crippen LogP contribution in [0.25, 0.3) is 0 Å². The Morgan fingerprint density at radius 1 is 1.04 bits per heavy atom. The molecule has 1 saturated carbocycles. The Balaban J connectivity index is 1.85. The van der Waals surface area contributed by atoms with Gasteiger partial charge in [0, 0.05) is 31.3 Å². The third-order valence-electron chi connectivity index (χ3n) is 5.32. The maximum atomic E-state index is 12.9. The van der Waals surface area contributed by atoms with Crippen molar-refractivity contribution in [3.05, 3.63) is 33.9 Å². The molecule has 1 aromatic carbocycles. The monoisotopic (exact) mass is 345 g/mol. The van der Waals surface area contributed by atoms with Crippen LogP contribution in [0, 0.1) is 10.1 Å². The van der Waals surface area contributed by atoms with Crippen molar-refractivity contribution in [2.45, 2.75) is 63.8 Å². The number of anilines is 1. The summed E-state index contributed by atoms with van der Waals surface area (Å²) in [5.41, 5.74) is 1.26. The summed E-state index contributed by atoms with van der Waals surface area (Å²) in [7, 11) is 0. The van der Waals surface area contributed by atoms with E-state index in [9.17, 15) is 14.9 Å². The van der Waals surface area contributed by atoms with E-state index in [1.54, 1.807) is 6.07 Å². The second-order valence-corrected chi connectivity index (χ2v) is 7.17. The quantitative estimate of drug-likeness (QED) is 0.660. The van der Waals surface area contributed by atoms with Gasteiger partial charge in [-0.25, -0.2) is 0 Å². The van der Waals surface area contributed by atoms with Crippen LogP contribution in [0.15, 0.2) is 18.2 Å². The van der Waals surface area contributed by atoms with Gasteiger partial charge in [-0.1, -0.05) is 32.1 Å². The summed E-state index contributed by atoms with van der Waals surface area (Å²) in [5, 5.41) is 14.3. The zero-order valence-corrected chi connectivity index (χ0v) is 14.7. The molecule has 2 fully saturated rings. The SMILES string of the molecule is O=C(NC1CCCCC1)c1cc([N+](=O)[O-])ccc1N1CCCCCC1. The van der Waals surface area contributed by atoms with E-state index in [0.29, 0.717) is 5.56 Å². The van der Waals surface area contributed by atoms with Gasteiger partial charge in [-0.2, -0.15) is 0 Å². The molecule has 1 N–H and O–H groups in total. The molecule has 1 aliphatic heterocycles. The van der Waals surface area contributed by atoms with Crippen LogP contribution in [0.5, 0.6) is 0 Å². The average molecular weight is 345 g/mol. The number of hydrogen-bond acceptors (Lipinski definition) is 4. The Hall–Kier alpha value is -2.11. The van der Waals surface area contributed by atoms with Gasteiger partial charge in [-0.3, -0.25) is 14.9 Å². The van der Waals surface area contributed by atoms with Crippen molar-refractivity contribution in [1.82, 2.24) is 5.32 Å². The minimum absolute atomic E-state index is 0.0210. The lowest BCUT2D eigenvalue weighted by Gasteiger charge is -2.27. The van der Waals surface area contributed by atoms with E-state index in [0.717, 1.165) is 57.3 Å². The number of nitro groups is 1. The molecular weight excluding hydrogens is 318 g/mol. The molecular formula is C19H27N3O3. The van der Waals surface area contributed by atoms with Crippen LogP contribution >= 0.6 is 0 Å². The number of carbonyl (C=O) groups is 1. The minimum atomic E-state index is -0.427. The van der Waals surface area contributed by atoms with Crippen LogP contribution in [0.4, 0.5) is 11.4 Å². The summed E-state index contributed by atoms with van der Waals surface area (Å²) in [4.78, 5) is 25.8. The maximum absolute atomic E-state index is 12.9. The van der Waals surface area contributed by atoms with Crippen molar-refractivity contribution in [1.29, 1.82) is 0 Å². The number of carbonyl (C=O) groups excluding carboxylic acids is 1.